The largest absolute Gasteiger partial charge is 0.330 e. The molecule has 18 heavy (non-hydrogen) atoms. The Morgan fingerprint density at radius 2 is 2.22 bits per heavy atom. The first-order chi connectivity index (χ1) is 8.45. The van der Waals surface area contributed by atoms with E-state index in [2.05, 4.69) is 15.9 Å². The molecule has 1 aliphatic rings. The first-order valence-electron chi connectivity index (χ1n) is 5.91. The van der Waals surface area contributed by atoms with Gasteiger partial charge in [0.25, 0.3) is 0 Å². The molecule has 2 rings (SSSR count). The van der Waals surface area contributed by atoms with E-state index in [1.54, 1.807) is 10.4 Å². The van der Waals surface area contributed by atoms with E-state index in [1.807, 2.05) is 19.1 Å². The van der Waals surface area contributed by atoms with Gasteiger partial charge in [-0.1, -0.05) is 22.0 Å². The van der Waals surface area contributed by atoms with Gasteiger partial charge in [0.15, 0.2) is 0 Å². The molecule has 1 aromatic carbocycles. The van der Waals surface area contributed by atoms with Gasteiger partial charge in [0.2, 0.25) is 10.0 Å². The molecule has 0 aromatic heterocycles. The van der Waals surface area contributed by atoms with Crippen molar-refractivity contribution >= 4 is 26.0 Å². The zero-order chi connectivity index (χ0) is 13.3. The number of nitrogens with zero attached hydrogens (tertiary/aromatic N) is 1. The maximum Gasteiger partial charge on any atom is 0.243 e. The Hall–Kier alpha value is -0.430. The van der Waals surface area contributed by atoms with E-state index in [0.717, 1.165) is 16.5 Å². The van der Waals surface area contributed by atoms with Crippen LogP contribution in [0.2, 0.25) is 0 Å². The lowest BCUT2D eigenvalue weighted by molar-refractivity contribution is 0.458. The molecule has 0 radical (unpaired) electrons. The number of benzene rings is 1. The summed E-state index contributed by atoms with van der Waals surface area (Å²) in [5.41, 5.74) is 6.38. The Labute approximate surface area is 116 Å². The van der Waals surface area contributed by atoms with E-state index < -0.39 is 10.0 Å². The Bertz CT molecular complexity index is 545. The fourth-order valence-electron chi connectivity index (χ4n) is 2.20. The summed E-state index contributed by atoms with van der Waals surface area (Å²) in [6, 6.07) is 5.33. The number of nitrogens with two attached hydrogens (primary N) is 1. The van der Waals surface area contributed by atoms with Crippen LogP contribution in [0.25, 0.3) is 0 Å². The molecule has 0 amide bonds. The molecule has 0 spiro atoms. The minimum atomic E-state index is -3.39. The van der Waals surface area contributed by atoms with Crippen molar-refractivity contribution in [3.05, 3.63) is 28.2 Å². The minimum absolute atomic E-state index is 0.284. The predicted molar refractivity (Wildman–Crippen MR) is 74.8 cm³/mol. The van der Waals surface area contributed by atoms with Crippen molar-refractivity contribution in [3.63, 3.8) is 0 Å². The third-order valence-corrected chi connectivity index (χ3v) is 5.85. The topological polar surface area (TPSA) is 63.4 Å². The van der Waals surface area contributed by atoms with Crippen molar-refractivity contribution in [2.24, 2.45) is 11.7 Å². The lowest BCUT2D eigenvalue weighted by Crippen LogP contribution is -2.30. The summed E-state index contributed by atoms with van der Waals surface area (Å²) in [6.07, 6.45) is 0.850. The van der Waals surface area contributed by atoms with Gasteiger partial charge in [0.05, 0.1) is 4.90 Å². The fourth-order valence-corrected chi connectivity index (χ4v) is 4.49. The van der Waals surface area contributed by atoms with E-state index in [4.69, 9.17) is 5.73 Å². The van der Waals surface area contributed by atoms with Crippen LogP contribution in [-0.2, 0) is 10.0 Å². The second kappa shape index (κ2) is 5.28. The van der Waals surface area contributed by atoms with Crippen molar-refractivity contribution in [3.8, 4) is 0 Å². The molecule has 100 valence electrons. The number of hydrogen-bond donors (Lipinski definition) is 1. The summed E-state index contributed by atoms with van der Waals surface area (Å²) in [7, 11) is -3.39. The van der Waals surface area contributed by atoms with Gasteiger partial charge in [-0.3, -0.25) is 0 Å². The maximum absolute atomic E-state index is 12.5. The van der Waals surface area contributed by atoms with Gasteiger partial charge in [0.1, 0.15) is 0 Å². The number of sulfonamides is 1. The molecule has 4 nitrogen and oxygen atoms in total. The van der Waals surface area contributed by atoms with E-state index in [0.29, 0.717) is 24.5 Å². The number of hydrogen-bond acceptors (Lipinski definition) is 3. The quantitative estimate of drug-likeness (QED) is 0.916. The second-order valence-corrected chi connectivity index (χ2v) is 7.49. The molecule has 1 heterocycles. The van der Waals surface area contributed by atoms with Crippen LogP contribution in [0.3, 0.4) is 0 Å². The first kappa shape index (κ1) is 14.0. The highest BCUT2D eigenvalue weighted by atomic mass is 79.9. The highest BCUT2D eigenvalue weighted by Gasteiger charge is 2.32. The molecule has 0 unspecified atom stereocenters. The molecule has 1 aliphatic heterocycles. The normalized spacial score (nSPS) is 21.4. The number of rotatable bonds is 3. The van der Waals surface area contributed by atoms with Crippen LogP contribution in [0.4, 0.5) is 0 Å². The number of aryl methyl sites for hydroxylation is 1. The molecule has 0 saturated carbocycles. The standard InChI is InChI=1S/C12H17BrN2O2S/c1-9-2-3-11(13)6-12(9)18(16,17)15-5-4-10(7-14)8-15/h2-3,6,10H,4-5,7-8,14H2,1H3/t10-/m1/s1. The van der Waals surface area contributed by atoms with Crippen molar-refractivity contribution in [2.75, 3.05) is 19.6 Å². The molecule has 1 saturated heterocycles. The smallest absolute Gasteiger partial charge is 0.243 e. The Kier molecular flexibility index (Phi) is 4.11. The molecule has 1 atom stereocenters. The van der Waals surface area contributed by atoms with Crippen LogP contribution >= 0.6 is 15.9 Å². The van der Waals surface area contributed by atoms with Gasteiger partial charge in [-0.05, 0) is 43.5 Å². The van der Waals surface area contributed by atoms with Crippen molar-refractivity contribution in [1.29, 1.82) is 0 Å². The van der Waals surface area contributed by atoms with E-state index in [1.165, 1.54) is 0 Å². The number of halogens is 1. The molecule has 1 aromatic rings. The monoisotopic (exact) mass is 332 g/mol. The summed E-state index contributed by atoms with van der Waals surface area (Å²) < 4.78 is 27.4. The zero-order valence-electron chi connectivity index (χ0n) is 10.3. The lowest BCUT2D eigenvalue weighted by atomic mass is 10.1. The van der Waals surface area contributed by atoms with Crippen molar-refractivity contribution in [2.45, 2.75) is 18.2 Å². The Morgan fingerprint density at radius 1 is 1.50 bits per heavy atom. The predicted octanol–water partition coefficient (Wildman–Crippen LogP) is 1.73. The summed E-state index contributed by atoms with van der Waals surface area (Å²) in [5, 5.41) is 0. The summed E-state index contributed by atoms with van der Waals surface area (Å²) >= 11 is 3.32. The van der Waals surface area contributed by atoms with Crippen molar-refractivity contribution in [1.82, 2.24) is 4.31 Å². The van der Waals surface area contributed by atoms with Crippen molar-refractivity contribution < 1.29 is 8.42 Å². The molecule has 6 heteroatoms. The molecule has 1 fully saturated rings. The second-order valence-electron chi connectivity index (χ2n) is 4.66. The molecule has 0 bridgehead atoms. The highest BCUT2D eigenvalue weighted by Crippen LogP contribution is 2.27. The maximum atomic E-state index is 12.5. The van der Waals surface area contributed by atoms with Crippen LogP contribution in [0, 0.1) is 12.8 Å². The van der Waals surface area contributed by atoms with Gasteiger partial charge < -0.3 is 5.73 Å². The van der Waals surface area contributed by atoms with E-state index in [-0.39, 0.29) is 5.92 Å². The lowest BCUT2D eigenvalue weighted by Gasteiger charge is -2.18. The molecular weight excluding hydrogens is 316 g/mol. The van der Waals surface area contributed by atoms with Crippen LogP contribution < -0.4 is 5.73 Å². The van der Waals surface area contributed by atoms with Gasteiger partial charge in [0, 0.05) is 17.6 Å². The Morgan fingerprint density at radius 3 is 2.83 bits per heavy atom. The van der Waals surface area contributed by atoms with E-state index in [9.17, 15) is 8.42 Å². The fraction of sp³-hybridized carbons (Fsp3) is 0.500. The zero-order valence-corrected chi connectivity index (χ0v) is 12.7. The summed E-state index contributed by atoms with van der Waals surface area (Å²) in [6.45, 7) is 3.46. The van der Waals surface area contributed by atoms with Crippen LogP contribution in [-0.4, -0.2) is 32.4 Å². The van der Waals surface area contributed by atoms with Crippen LogP contribution in [0.15, 0.2) is 27.6 Å². The first-order valence-corrected chi connectivity index (χ1v) is 8.15. The SMILES string of the molecule is Cc1ccc(Br)cc1S(=O)(=O)N1CC[C@H](CN)C1. The van der Waals surface area contributed by atoms with Gasteiger partial charge >= 0.3 is 0 Å². The minimum Gasteiger partial charge on any atom is -0.330 e. The highest BCUT2D eigenvalue weighted by molar-refractivity contribution is 9.10. The van der Waals surface area contributed by atoms with Gasteiger partial charge in [-0.2, -0.15) is 4.31 Å². The molecule has 2 N–H and O–H groups in total. The van der Waals surface area contributed by atoms with E-state index >= 15 is 0 Å². The third-order valence-electron chi connectivity index (χ3n) is 3.35. The Balaban J connectivity index is 2.34. The van der Waals surface area contributed by atoms with Crippen LogP contribution in [0.5, 0.6) is 0 Å². The average molecular weight is 333 g/mol. The third kappa shape index (κ3) is 2.61. The van der Waals surface area contributed by atoms with Gasteiger partial charge in [-0.15, -0.1) is 0 Å². The summed E-state index contributed by atoms with van der Waals surface area (Å²) in [4.78, 5) is 0.384. The average Bonchev–Trinajstić information content (AvgIpc) is 2.81. The van der Waals surface area contributed by atoms with Crippen LogP contribution in [0.1, 0.15) is 12.0 Å². The molecular formula is C12H17BrN2O2S. The molecule has 0 aliphatic carbocycles. The summed E-state index contributed by atoms with van der Waals surface area (Å²) in [5.74, 6) is 0.284. The van der Waals surface area contributed by atoms with Gasteiger partial charge in [-0.25, -0.2) is 8.42 Å².